The summed E-state index contributed by atoms with van der Waals surface area (Å²) in [6.45, 7) is 0.693. The maximum atomic E-state index is 12.6. The van der Waals surface area contributed by atoms with Crippen LogP contribution >= 0.6 is 0 Å². The Bertz CT molecular complexity index is 701. The predicted molar refractivity (Wildman–Crippen MR) is 78.1 cm³/mol. The molecular weight excluding hydrogens is 268 g/mol. The minimum Gasteiger partial charge on any atom is -0.509 e. The van der Waals surface area contributed by atoms with Crippen LogP contribution in [-0.4, -0.2) is 49.8 Å². The summed E-state index contributed by atoms with van der Waals surface area (Å²) in [6.07, 6.45) is 2.86. The van der Waals surface area contributed by atoms with E-state index < -0.39 is 0 Å². The lowest BCUT2D eigenvalue weighted by Crippen LogP contribution is -2.39. The van der Waals surface area contributed by atoms with Gasteiger partial charge in [0.15, 0.2) is 0 Å². The number of phenols is 1. The number of carbonyl (C=O) groups excluding carboxylic acids is 1. The molecule has 2 aromatic rings. The Hall–Kier alpha value is -2.50. The Morgan fingerprint density at radius 1 is 1.33 bits per heavy atom. The van der Waals surface area contributed by atoms with Gasteiger partial charge in [0.25, 0.3) is 5.91 Å². The minimum absolute atomic E-state index is 0.0520. The molecule has 1 aliphatic rings. The number of phenolic OH excluding ortho intramolecular Hbond substituents is 1. The largest absolute Gasteiger partial charge is 0.509 e. The van der Waals surface area contributed by atoms with Crippen molar-refractivity contribution in [2.75, 3.05) is 18.1 Å². The van der Waals surface area contributed by atoms with Gasteiger partial charge >= 0.3 is 0 Å². The fourth-order valence-electron chi connectivity index (χ4n) is 2.13. The number of benzene rings is 1. The number of ether oxygens (including phenoxy) is 1. The highest BCUT2D eigenvalue weighted by molar-refractivity contribution is 6.42. The van der Waals surface area contributed by atoms with Gasteiger partial charge in [-0.3, -0.25) is 9.69 Å². The maximum Gasteiger partial charge on any atom is 0.258 e. The highest BCUT2D eigenvalue weighted by Gasteiger charge is 2.26. The smallest absolute Gasteiger partial charge is 0.258 e. The van der Waals surface area contributed by atoms with Crippen molar-refractivity contribution < 1.29 is 14.6 Å². The van der Waals surface area contributed by atoms with E-state index in [0.717, 1.165) is 0 Å². The fourth-order valence-corrected chi connectivity index (χ4v) is 2.13. The predicted octanol–water partition coefficient (Wildman–Crippen LogP) is -1.19. The molecule has 21 heavy (non-hydrogen) atoms. The third-order valence-corrected chi connectivity index (χ3v) is 3.16. The van der Waals surface area contributed by atoms with Crippen LogP contribution in [0.25, 0.3) is 0 Å². The Balaban J connectivity index is 2.00. The zero-order valence-corrected chi connectivity index (χ0v) is 11.0. The number of hydrogen-bond donors (Lipinski definition) is 1. The summed E-state index contributed by atoms with van der Waals surface area (Å²) in [5, 5.41) is 9.57. The van der Waals surface area contributed by atoms with Crippen LogP contribution in [-0.2, 0) is 0 Å². The van der Waals surface area contributed by atoms with Crippen molar-refractivity contribution in [3.8, 4) is 11.6 Å². The number of anilines is 1. The van der Waals surface area contributed by atoms with E-state index in [4.69, 9.17) is 20.4 Å². The van der Waals surface area contributed by atoms with Crippen LogP contribution in [0.1, 0.15) is 10.4 Å². The van der Waals surface area contributed by atoms with Gasteiger partial charge in [-0.25, -0.2) is 4.98 Å². The molecule has 2 heterocycles. The van der Waals surface area contributed by atoms with E-state index in [0.29, 0.717) is 24.7 Å². The molecule has 3 rings (SSSR count). The van der Waals surface area contributed by atoms with Gasteiger partial charge in [-0.1, -0.05) is 23.1 Å². The van der Waals surface area contributed by atoms with Gasteiger partial charge in [0, 0.05) is 5.56 Å². The molecule has 100 valence electrons. The number of aromatic nitrogens is 2. The molecule has 0 atom stereocenters. The molecule has 0 saturated heterocycles. The Kier molecular flexibility index (Phi) is 3.29. The van der Waals surface area contributed by atoms with Gasteiger partial charge in [-0.2, -0.15) is 4.98 Å². The van der Waals surface area contributed by atoms with Crippen molar-refractivity contribution in [2.45, 2.75) is 0 Å². The number of fused-ring (bicyclic) bond motifs is 1. The summed E-state index contributed by atoms with van der Waals surface area (Å²) in [7, 11) is 11.3. The van der Waals surface area contributed by atoms with Crippen molar-refractivity contribution in [3.63, 3.8) is 0 Å². The van der Waals surface area contributed by atoms with E-state index in [1.54, 1.807) is 0 Å². The SMILES string of the molecule is [B]c1cc(C(=O)N2CCOc3ncncc32)cc([B])c1O. The Labute approximate surface area is 123 Å². The van der Waals surface area contributed by atoms with Crippen molar-refractivity contribution in [3.05, 3.63) is 30.2 Å². The third kappa shape index (κ3) is 2.33. The van der Waals surface area contributed by atoms with Gasteiger partial charge in [0.2, 0.25) is 5.88 Å². The lowest BCUT2D eigenvalue weighted by Gasteiger charge is -2.28. The average molecular weight is 277 g/mol. The number of nitrogens with zero attached hydrogens (tertiary/aromatic N) is 3. The monoisotopic (exact) mass is 277 g/mol. The van der Waals surface area contributed by atoms with E-state index in [9.17, 15) is 9.90 Å². The molecule has 0 saturated carbocycles. The number of amides is 1. The Morgan fingerprint density at radius 3 is 2.76 bits per heavy atom. The van der Waals surface area contributed by atoms with Gasteiger partial charge in [0.1, 0.15) is 40.1 Å². The summed E-state index contributed by atoms with van der Waals surface area (Å²) >= 11 is 0. The van der Waals surface area contributed by atoms with Crippen molar-refractivity contribution >= 4 is 38.2 Å². The molecule has 0 fully saturated rings. The topological polar surface area (TPSA) is 75.6 Å². The Morgan fingerprint density at radius 2 is 2.05 bits per heavy atom. The van der Waals surface area contributed by atoms with Crippen LogP contribution < -0.4 is 20.6 Å². The van der Waals surface area contributed by atoms with E-state index in [2.05, 4.69) is 9.97 Å². The molecule has 8 heteroatoms. The zero-order chi connectivity index (χ0) is 15.0. The van der Waals surface area contributed by atoms with E-state index in [1.807, 2.05) is 0 Å². The van der Waals surface area contributed by atoms with Crippen LogP contribution in [0.15, 0.2) is 24.7 Å². The second-order valence-electron chi connectivity index (χ2n) is 4.52. The quantitative estimate of drug-likeness (QED) is 0.663. The van der Waals surface area contributed by atoms with E-state index in [-0.39, 0.29) is 28.1 Å². The molecule has 0 spiro atoms. The van der Waals surface area contributed by atoms with Gasteiger partial charge in [0.05, 0.1) is 12.7 Å². The molecule has 1 N–H and O–H groups in total. The van der Waals surface area contributed by atoms with Crippen LogP contribution in [0, 0.1) is 0 Å². The first-order valence-corrected chi connectivity index (χ1v) is 6.20. The van der Waals surface area contributed by atoms with Crippen molar-refractivity contribution in [1.82, 2.24) is 9.97 Å². The summed E-state index contributed by atoms with van der Waals surface area (Å²) in [5.74, 6) is -0.186. The van der Waals surface area contributed by atoms with Crippen LogP contribution in [0.2, 0.25) is 0 Å². The van der Waals surface area contributed by atoms with E-state index >= 15 is 0 Å². The molecule has 1 aromatic heterocycles. The highest BCUT2D eigenvalue weighted by atomic mass is 16.5. The normalized spacial score (nSPS) is 13.4. The van der Waals surface area contributed by atoms with Crippen LogP contribution in [0.3, 0.4) is 0 Å². The molecule has 6 nitrogen and oxygen atoms in total. The molecular formula is C13H9B2N3O3. The molecule has 1 aliphatic heterocycles. The fraction of sp³-hybridized carbons (Fsp3) is 0.154. The number of carbonyl (C=O) groups is 1. The minimum atomic E-state index is -0.312. The zero-order valence-electron chi connectivity index (χ0n) is 11.0. The van der Waals surface area contributed by atoms with Crippen molar-refractivity contribution in [1.29, 1.82) is 0 Å². The standard InChI is InChI=1S/C13H9B2N3O3/c14-8-3-7(4-9(15)11(8)19)13(20)18-1-2-21-12-10(18)5-16-6-17-12/h3-6,19H,1-2H2. The third-order valence-electron chi connectivity index (χ3n) is 3.16. The van der Waals surface area contributed by atoms with Gasteiger partial charge in [-0.15, -0.1) is 0 Å². The average Bonchev–Trinajstić information content (AvgIpc) is 2.51. The lowest BCUT2D eigenvalue weighted by atomic mass is 9.83. The second-order valence-corrected chi connectivity index (χ2v) is 4.52. The summed E-state index contributed by atoms with van der Waals surface area (Å²) in [6, 6.07) is 2.76. The number of hydrogen-bond acceptors (Lipinski definition) is 5. The van der Waals surface area contributed by atoms with Crippen molar-refractivity contribution in [2.24, 2.45) is 0 Å². The summed E-state index contributed by atoms with van der Waals surface area (Å²) < 4.78 is 5.37. The lowest BCUT2D eigenvalue weighted by molar-refractivity contribution is 0.0975. The first kappa shape index (κ1) is 13.5. The first-order valence-electron chi connectivity index (χ1n) is 6.20. The molecule has 1 amide bonds. The molecule has 0 unspecified atom stereocenters. The summed E-state index contributed by atoms with van der Waals surface area (Å²) in [5.41, 5.74) is 0.866. The second kappa shape index (κ2) is 5.12. The molecule has 4 radical (unpaired) electrons. The van der Waals surface area contributed by atoms with Crippen LogP contribution in [0.5, 0.6) is 11.6 Å². The van der Waals surface area contributed by atoms with Gasteiger partial charge < -0.3 is 9.84 Å². The van der Waals surface area contributed by atoms with Crippen LogP contribution in [0.4, 0.5) is 5.69 Å². The van der Waals surface area contributed by atoms with Gasteiger partial charge in [-0.05, 0) is 0 Å². The highest BCUT2D eigenvalue weighted by Crippen LogP contribution is 2.28. The summed E-state index contributed by atoms with van der Waals surface area (Å²) in [4.78, 5) is 22.0. The first-order chi connectivity index (χ1) is 10.1. The molecule has 1 aromatic carbocycles. The van der Waals surface area contributed by atoms with E-state index in [1.165, 1.54) is 29.6 Å². The number of rotatable bonds is 1. The molecule has 0 aliphatic carbocycles. The molecule has 0 bridgehead atoms. The number of aromatic hydroxyl groups is 1. The maximum absolute atomic E-state index is 12.6.